The second kappa shape index (κ2) is 4.93. The van der Waals surface area contributed by atoms with Gasteiger partial charge < -0.3 is 5.11 Å². The number of hydrogen-bond acceptors (Lipinski definition) is 3. The Morgan fingerprint density at radius 2 is 2.18 bits per heavy atom. The highest BCUT2D eigenvalue weighted by Gasteiger charge is 2.06. The highest BCUT2D eigenvalue weighted by Crippen LogP contribution is 2.17. The third-order valence-electron chi connectivity index (χ3n) is 2.17. The molecular weight excluding hydrogens is 239 g/mol. The van der Waals surface area contributed by atoms with E-state index in [4.69, 9.17) is 5.11 Å². The first-order chi connectivity index (χ1) is 8.16. The van der Waals surface area contributed by atoms with E-state index in [1.165, 1.54) is 29.5 Å². The van der Waals surface area contributed by atoms with Crippen molar-refractivity contribution in [2.24, 2.45) is 0 Å². The minimum Gasteiger partial charge on any atom is -0.505 e. The molecule has 0 fully saturated rings. The zero-order chi connectivity index (χ0) is 12.3. The second-order valence-electron chi connectivity index (χ2n) is 3.38. The number of benzene rings is 1. The Labute approximate surface area is 102 Å². The number of aromatic hydroxyl groups is 1. The minimum absolute atomic E-state index is 0.216. The third kappa shape index (κ3) is 2.79. The maximum atomic E-state index is 13.0. The number of phenols is 1. The summed E-state index contributed by atoms with van der Waals surface area (Å²) in [6.45, 7) is 0. The molecule has 0 atom stereocenters. The van der Waals surface area contributed by atoms with Crippen LogP contribution in [0.1, 0.15) is 15.2 Å². The SMILES string of the molecule is O=C(/C=C/c1cccs1)c1ccc(O)c(F)c1. The number of carbonyl (C=O) groups is 1. The minimum atomic E-state index is -0.791. The van der Waals surface area contributed by atoms with Gasteiger partial charge in [-0.3, -0.25) is 4.79 Å². The molecule has 0 radical (unpaired) electrons. The molecule has 1 aromatic heterocycles. The molecule has 0 amide bonds. The van der Waals surface area contributed by atoms with Crippen molar-refractivity contribution in [3.05, 3.63) is 58.0 Å². The highest BCUT2D eigenvalue weighted by atomic mass is 32.1. The van der Waals surface area contributed by atoms with Crippen LogP contribution in [0.15, 0.2) is 41.8 Å². The van der Waals surface area contributed by atoms with Gasteiger partial charge in [-0.1, -0.05) is 6.07 Å². The number of thiophene rings is 1. The maximum absolute atomic E-state index is 13.0. The quantitative estimate of drug-likeness (QED) is 0.667. The van der Waals surface area contributed by atoms with Crippen molar-refractivity contribution in [2.45, 2.75) is 0 Å². The first kappa shape index (κ1) is 11.5. The van der Waals surface area contributed by atoms with Gasteiger partial charge in [0, 0.05) is 10.4 Å². The zero-order valence-corrected chi connectivity index (χ0v) is 9.58. The zero-order valence-electron chi connectivity index (χ0n) is 8.76. The number of halogens is 1. The van der Waals surface area contributed by atoms with E-state index in [9.17, 15) is 9.18 Å². The van der Waals surface area contributed by atoms with E-state index in [1.807, 2.05) is 17.5 Å². The Bertz CT molecular complexity index is 559. The van der Waals surface area contributed by atoms with Gasteiger partial charge in [-0.05, 0) is 41.8 Å². The Morgan fingerprint density at radius 1 is 1.35 bits per heavy atom. The Morgan fingerprint density at radius 3 is 2.82 bits per heavy atom. The van der Waals surface area contributed by atoms with Crippen molar-refractivity contribution in [2.75, 3.05) is 0 Å². The standard InChI is InChI=1S/C13H9FO2S/c14-11-8-9(3-5-13(11)16)12(15)6-4-10-2-1-7-17-10/h1-8,16H/b6-4+. The number of carbonyl (C=O) groups excluding carboxylic acids is 1. The van der Waals surface area contributed by atoms with E-state index in [0.29, 0.717) is 0 Å². The van der Waals surface area contributed by atoms with Crippen LogP contribution in [0.25, 0.3) is 6.08 Å². The third-order valence-corrected chi connectivity index (χ3v) is 3.01. The number of phenolic OH excluding ortho intramolecular Hbond substituents is 1. The van der Waals surface area contributed by atoms with Crippen LogP contribution in [0.4, 0.5) is 4.39 Å². The average Bonchev–Trinajstić information content (AvgIpc) is 2.82. The number of rotatable bonds is 3. The van der Waals surface area contributed by atoms with Crippen molar-refractivity contribution in [3.8, 4) is 5.75 Å². The van der Waals surface area contributed by atoms with Crippen molar-refractivity contribution < 1.29 is 14.3 Å². The molecule has 0 saturated carbocycles. The van der Waals surface area contributed by atoms with Crippen LogP contribution in [0.3, 0.4) is 0 Å². The molecule has 1 aromatic carbocycles. The van der Waals surface area contributed by atoms with E-state index >= 15 is 0 Å². The summed E-state index contributed by atoms with van der Waals surface area (Å²) in [7, 11) is 0. The van der Waals surface area contributed by atoms with Crippen LogP contribution < -0.4 is 0 Å². The lowest BCUT2D eigenvalue weighted by molar-refractivity contribution is 0.104. The summed E-state index contributed by atoms with van der Waals surface area (Å²) in [4.78, 5) is 12.6. The smallest absolute Gasteiger partial charge is 0.185 e. The molecule has 0 spiro atoms. The molecule has 2 aromatic rings. The summed E-state index contributed by atoms with van der Waals surface area (Å²) in [5, 5.41) is 10.9. The lowest BCUT2D eigenvalue weighted by Gasteiger charge is -1.98. The van der Waals surface area contributed by atoms with E-state index in [1.54, 1.807) is 6.08 Å². The normalized spacial score (nSPS) is 10.9. The fraction of sp³-hybridized carbons (Fsp3) is 0. The summed E-state index contributed by atoms with van der Waals surface area (Å²) < 4.78 is 13.0. The Kier molecular flexibility index (Phi) is 3.35. The summed E-state index contributed by atoms with van der Waals surface area (Å²) in [5.74, 6) is -1.54. The molecule has 2 rings (SSSR count). The number of hydrogen-bond donors (Lipinski definition) is 1. The van der Waals surface area contributed by atoms with E-state index in [-0.39, 0.29) is 11.3 Å². The fourth-order valence-electron chi connectivity index (χ4n) is 1.30. The summed E-state index contributed by atoms with van der Waals surface area (Å²) in [6, 6.07) is 7.35. The molecule has 0 saturated heterocycles. The molecule has 0 aliphatic carbocycles. The van der Waals surface area contributed by atoms with Crippen molar-refractivity contribution in [3.63, 3.8) is 0 Å². The van der Waals surface area contributed by atoms with E-state index in [2.05, 4.69) is 0 Å². The van der Waals surface area contributed by atoms with Gasteiger partial charge in [0.15, 0.2) is 17.3 Å². The van der Waals surface area contributed by atoms with Crippen LogP contribution >= 0.6 is 11.3 Å². The summed E-state index contributed by atoms with van der Waals surface area (Å²) in [5.41, 5.74) is 0.216. The maximum Gasteiger partial charge on any atom is 0.185 e. The van der Waals surface area contributed by atoms with Gasteiger partial charge in [0.1, 0.15) is 0 Å². The molecule has 0 aliphatic rings. The fourth-order valence-corrected chi connectivity index (χ4v) is 1.92. The van der Waals surface area contributed by atoms with Crippen molar-refractivity contribution in [1.82, 2.24) is 0 Å². The summed E-state index contributed by atoms with van der Waals surface area (Å²) >= 11 is 1.51. The van der Waals surface area contributed by atoms with Gasteiger partial charge in [-0.25, -0.2) is 4.39 Å². The average molecular weight is 248 g/mol. The topological polar surface area (TPSA) is 37.3 Å². The number of allylic oxidation sites excluding steroid dienone is 1. The molecule has 0 bridgehead atoms. The molecule has 0 aliphatic heterocycles. The first-order valence-corrected chi connectivity index (χ1v) is 5.79. The second-order valence-corrected chi connectivity index (χ2v) is 4.36. The van der Waals surface area contributed by atoms with Gasteiger partial charge in [0.05, 0.1) is 0 Å². The number of ketones is 1. The van der Waals surface area contributed by atoms with Crippen molar-refractivity contribution >= 4 is 23.2 Å². The van der Waals surface area contributed by atoms with E-state index in [0.717, 1.165) is 10.9 Å². The molecular formula is C13H9FO2S. The monoisotopic (exact) mass is 248 g/mol. The largest absolute Gasteiger partial charge is 0.505 e. The molecule has 2 nitrogen and oxygen atoms in total. The Hall–Kier alpha value is -1.94. The van der Waals surface area contributed by atoms with Gasteiger partial charge in [0.2, 0.25) is 0 Å². The lowest BCUT2D eigenvalue weighted by atomic mass is 10.1. The molecule has 0 unspecified atom stereocenters. The van der Waals surface area contributed by atoms with Crippen molar-refractivity contribution in [1.29, 1.82) is 0 Å². The predicted octanol–water partition coefficient (Wildman–Crippen LogP) is 3.49. The highest BCUT2D eigenvalue weighted by molar-refractivity contribution is 7.10. The van der Waals surface area contributed by atoms with Gasteiger partial charge in [-0.2, -0.15) is 0 Å². The van der Waals surface area contributed by atoms with Gasteiger partial charge >= 0.3 is 0 Å². The van der Waals surface area contributed by atoms with E-state index < -0.39 is 11.6 Å². The Balaban J connectivity index is 2.17. The van der Waals surface area contributed by atoms with Crippen LogP contribution in [-0.4, -0.2) is 10.9 Å². The van der Waals surface area contributed by atoms with Crippen LogP contribution in [0.2, 0.25) is 0 Å². The molecule has 1 N–H and O–H groups in total. The van der Waals surface area contributed by atoms with Gasteiger partial charge in [-0.15, -0.1) is 11.3 Å². The van der Waals surface area contributed by atoms with Crippen LogP contribution in [-0.2, 0) is 0 Å². The lowest BCUT2D eigenvalue weighted by Crippen LogP contribution is -1.94. The first-order valence-electron chi connectivity index (χ1n) is 4.91. The predicted molar refractivity (Wildman–Crippen MR) is 65.7 cm³/mol. The molecule has 86 valence electrons. The van der Waals surface area contributed by atoms with Crippen LogP contribution in [0.5, 0.6) is 5.75 Å². The molecule has 4 heteroatoms. The molecule has 1 heterocycles. The van der Waals surface area contributed by atoms with Crippen LogP contribution in [0, 0.1) is 5.82 Å². The van der Waals surface area contributed by atoms with Gasteiger partial charge in [0.25, 0.3) is 0 Å². The molecule has 17 heavy (non-hydrogen) atoms. The summed E-state index contributed by atoms with van der Waals surface area (Å²) in [6.07, 6.45) is 3.06.